The minimum atomic E-state index is 0.650. The van der Waals surface area contributed by atoms with Crippen LogP contribution >= 0.6 is 0 Å². The van der Waals surface area contributed by atoms with E-state index < -0.39 is 0 Å². The van der Waals surface area contributed by atoms with Crippen molar-refractivity contribution in [1.82, 2.24) is 19.3 Å². The van der Waals surface area contributed by atoms with Crippen LogP contribution in [-0.2, 0) is 13.1 Å². The van der Waals surface area contributed by atoms with Gasteiger partial charge in [-0.15, -0.1) is 0 Å². The van der Waals surface area contributed by atoms with Crippen molar-refractivity contribution in [3.63, 3.8) is 0 Å². The maximum atomic E-state index is 4.54. The summed E-state index contributed by atoms with van der Waals surface area (Å²) in [5, 5.41) is 7.69. The van der Waals surface area contributed by atoms with Gasteiger partial charge in [-0.3, -0.25) is 4.68 Å². The number of nitrogens with zero attached hydrogens (tertiary/aromatic N) is 4. The van der Waals surface area contributed by atoms with Gasteiger partial charge in [0.25, 0.3) is 0 Å². The molecule has 1 N–H and O–H groups in total. The zero-order valence-electron chi connectivity index (χ0n) is 10.7. The van der Waals surface area contributed by atoms with E-state index in [1.54, 1.807) is 0 Å². The molecular formula is C13H19N5. The molecule has 1 aliphatic rings. The van der Waals surface area contributed by atoms with E-state index in [-0.39, 0.29) is 0 Å². The first kappa shape index (κ1) is 11.3. The van der Waals surface area contributed by atoms with Crippen molar-refractivity contribution in [1.29, 1.82) is 0 Å². The summed E-state index contributed by atoms with van der Waals surface area (Å²) < 4.78 is 4.19. The third-order valence-corrected chi connectivity index (χ3v) is 3.15. The first-order chi connectivity index (χ1) is 8.81. The predicted octanol–water partition coefficient (Wildman–Crippen LogP) is 2.05. The zero-order chi connectivity index (χ0) is 12.4. The Bertz CT molecular complexity index is 495. The summed E-state index contributed by atoms with van der Waals surface area (Å²) >= 11 is 0. The summed E-state index contributed by atoms with van der Waals surface area (Å²) in [6.45, 7) is 3.98. The summed E-state index contributed by atoms with van der Waals surface area (Å²) in [6.07, 6.45) is 9.56. The van der Waals surface area contributed by atoms with E-state index in [0.717, 1.165) is 31.2 Å². The van der Waals surface area contributed by atoms with Crippen molar-refractivity contribution >= 4 is 5.95 Å². The molecule has 1 fully saturated rings. The standard InChI is InChI=1S/C13H19N5/c1-11-10-17(13(15-11)16-12-4-5-12)7-3-9-18-8-2-6-14-18/h2,6,8,10,12H,3-5,7,9H2,1H3,(H,15,16). The van der Waals surface area contributed by atoms with Crippen LogP contribution in [0.5, 0.6) is 0 Å². The second-order valence-corrected chi connectivity index (χ2v) is 4.94. The molecule has 0 radical (unpaired) electrons. The highest BCUT2D eigenvalue weighted by Crippen LogP contribution is 2.24. The van der Waals surface area contributed by atoms with Crippen LogP contribution in [0.15, 0.2) is 24.7 Å². The van der Waals surface area contributed by atoms with Crippen LogP contribution in [0.2, 0.25) is 0 Å². The summed E-state index contributed by atoms with van der Waals surface area (Å²) in [4.78, 5) is 4.54. The molecule has 5 heteroatoms. The molecule has 0 aliphatic heterocycles. The smallest absolute Gasteiger partial charge is 0.203 e. The molecule has 0 bridgehead atoms. The molecule has 0 amide bonds. The monoisotopic (exact) mass is 245 g/mol. The Morgan fingerprint density at radius 3 is 3.00 bits per heavy atom. The highest BCUT2D eigenvalue weighted by molar-refractivity contribution is 5.32. The van der Waals surface area contributed by atoms with Gasteiger partial charge in [0.2, 0.25) is 5.95 Å². The zero-order valence-corrected chi connectivity index (χ0v) is 10.7. The molecule has 18 heavy (non-hydrogen) atoms. The molecule has 0 aromatic carbocycles. The van der Waals surface area contributed by atoms with Crippen molar-refractivity contribution in [2.75, 3.05) is 5.32 Å². The summed E-state index contributed by atoms with van der Waals surface area (Å²) in [6, 6.07) is 2.61. The molecule has 2 aromatic rings. The van der Waals surface area contributed by atoms with E-state index in [9.17, 15) is 0 Å². The van der Waals surface area contributed by atoms with E-state index in [4.69, 9.17) is 0 Å². The van der Waals surface area contributed by atoms with Crippen LogP contribution in [0, 0.1) is 6.92 Å². The molecule has 0 saturated heterocycles. The fourth-order valence-electron chi connectivity index (χ4n) is 2.08. The molecule has 1 saturated carbocycles. The van der Waals surface area contributed by atoms with Gasteiger partial charge in [-0.2, -0.15) is 5.10 Å². The van der Waals surface area contributed by atoms with Gasteiger partial charge in [-0.25, -0.2) is 4.98 Å². The lowest BCUT2D eigenvalue weighted by Gasteiger charge is -2.08. The third-order valence-electron chi connectivity index (χ3n) is 3.15. The van der Waals surface area contributed by atoms with Crippen molar-refractivity contribution in [2.45, 2.75) is 45.3 Å². The molecule has 2 heterocycles. The van der Waals surface area contributed by atoms with Gasteiger partial charge in [0.05, 0.1) is 5.69 Å². The number of anilines is 1. The second kappa shape index (κ2) is 4.84. The Balaban J connectivity index is 1.57. The quantitative estimate of drug-likeness (QED) is 0.847. The first-order valence-corrected chi connectivity index (χ1v) is 6.59. The number of aryl methyl sites for hydroxylation is 3. The Hall–Kier alpha value is -1.78. The molecule has 96 valence electrons. The van der Waals surface area contributed by atoms with Gasteiger partial charge >= 0.3 is 0 Å². The molecule has 0 spiro atoms. The average Bonchev–Trinajstić information content (AvgIpc) is 2.87. The number of hydrogen-bond acceptors (Lipinski definition) is 3. The van der Waals surface area contributed by atoms with Crippen LogP contribution in [-0.4, -0.2) is 25.4 Å². The lowest BCUT2D eigenvalue weighted by atomic mass is 10.4. The van der Waals surface area contributed by atoms with E-state index in [0.29, 0.717) is 6.04 Å². The minimum Gasteiger partial charge on any atom is -0.353 e. The highest BCUT2D eigenvalue weighted by Gasteiger charge is 2.22. The topological polar surface area (TPSA) is 47.7 Å². The Morgan fingerprint density at radius 2 is 2.28 bits per heavy atom. The highest BCUT2D eigenvalue weighted by atomic mass is 15.3. The van der Waals surface area contributed by atoms with Crippen molar-refractivity contribution < 1.29 is 0 Å². The molecule has 2 aromatic heterocycles. The number of aromatic nitrogens is 4. The Labute approximate surface area is 107 Å². The maximum absolute atomic E-state index is 4.54. The van der Waals surface area contributed by atoms with E-state index in [2.05, 4.69) is 26.2 Å². The fraction of sp³-hybridized carbons (Fsp3) is 0.538. The number of hydrogen-bond donors (Lipinski definition) is 1. The van der Waals surface area contributed by atoms with Gasteiger partial charge in [0, 0.05) is 37.7 Å². The van der Waals surface area contributed by atoms with Gasteiger partial charge in [0.15, 0.2) is 0 Å². The number of imidazole rings is 1. The number of nitrogens with one attached hydrogen (secondary N) is 1. The molecule has 1 aliphatic carbocycles. The third kappa shape index (κ3) is 2.72. The fourth-order valence-corrected chi connectivity index (χ4v) is 2.08. The van der Waals surface area contributed by atoms with Crippen molar-refractivity contribution in [3.8, 4) is 0 Å². The summed E-state index contributed by atoms with van der Waals surface area (Å²) in [5.41, 5.74) is 1.08. The van der Waals surface area contributed by atoms with Crippen molar-refractivity contribution in [3.05, 3.63) is 30.4 Å². The normalized spacial score (nSPS) is 14.9. The maximum Gasteiger partial charge on any atom is 0.203 e. The van der Waals surface area contributed by atoms with E-state index in [1.165, 1.54) is 12.8 Å². The van der Waals surface area contributed by atoms with Gasteiger partial charge < -0.3 is 9.88 Å². The minimum absolute atomic E-state index is 0.650. The van der Waals surface area contributed by atoms with Crippen LogP contribution in [0.4, 0.5) is 5.95 Å². The van der Waals surface area contributed by atoms with E-state index in [1.807, 2.05) is 30.1 Å². The Morgan fingerprint density at radius 1 is 1.39 bits per heavy atom. The lowest BCUT2D eigenvalue weighted by Crippen LogP contribution is -2.10. The molecule has 0 unspecified atom stereocenters. The van der Waals surface area contributed by atoms with Crippen LogP contribution in [0.1, 0.15) is 25.0 Å². The Kier molecular flexibility index (Phi) is 3.04. The van der Waals surface area contributed by atoms with Crippen LogP contribution in [0.25, 0.3) is 0 Å². The van der Waals surface area contributed by atoms with E-state index >= 15 is 0 Å². The largest absolute Gasteiger partial charge is 0.353 e. The molecule has 0 atom stereocenters. The average molecular weight is 245 g/mol. The van der Waals surface area contributed by atoms with Gasteiger partial charge in [-0.1, -0.05) is 0 Å². The predicted molar refractivity (Wildman–Crippen MR) is 70.5 cm³/mol. The van der Waals surface area contributed by atoms with Crippen molar-refractivity contribution in [2.24, 2.45) is 0 Å². The van der Waals surface area contributed by atoms with Gasteiger partial charge in [-0.05, 0) is 32.3 Å². The van der Waals surface area contributed by atoms with Crippen LogP contribution < -0.4 is 5.32 Å². The summed E-state index contributed by atoms with van der Waals surface area (Å²) in [5.74, 6) is 1.02. The lowest BCUT2D eigenvalue weighted by molar-refractivity contribution is 0.528. The molecular weight excluding hydrogens is 226 g/mol. The van der Waals surface area contributed by atoms with Gasteiger partial charge in [0.1, 0.15) is 0 Å². The van der Waals surface area contributed by atoms with Crippen LogP contribution in [0.3, 0.4) is 0 Å². The number of rotatable bonds is 6. The molecule has 5 nitrogen and oxygen atoms in total. The molecule has 3 rings (SSSR count). The first-order valence-electron chi connectivity index (χ1n) is 6.59. The SMILES string of the molecule is Cc1cn(CCCn2cccn2)c(NC2CC2)n1. The summed E-state index contributed by atoms with van der Waals surface area (Å²) in [7, 11) is 0. The second-order valence-electron chi connectivity index (χ2n) is 4.94.